The van der Waals surface area contributed by atoms with Gasteiger partial charge in [-0.25, -0.2) is 4.98 Å². The Bertz CT molecular complexity index is 760. The van der Waals surface area contributed by atoms with Crippen LogP contribution in [0.5, 0.6) is 11.5 Å². The van der Waals surface area contributed by atoms with Gasteiger partial charge in [-0.2, -0.15) is 0 Å². The molecule has 0 radical (unpaired) electrons. The van der Waals surface area contributed by atoms with E-state index < -0.39 is 0 Å². The zero-order chi connectivity index (χ0) is 16.9. The topological polar surface area (TPSA) is 50.4 Å². The van der Waals surface area contributed by atoms with E-state index in [0.717, 1.165) is 37.6 Å². The van der Waals surface area contributed by atoms with Crippen molar-refractivity contribution >= 4 is 12.2 Å². The molecule has 128 valence electrons. The molecule has 24 heavy (non-hydrogen) atoms. The highest BCUT2D eigenvalue weighted by Crippen LogP contribution is 2.28. The quantitative estimate of drug-likeness (QED) is 0.812. The number of ether oxygens (including phenoxy) is 2. The number of H-pyrrole nitrogens is 1. The summed E-state index contributed by atoms with van der Waals surface area (Å²) in [5, 5.41) is 0. The summed E-state index contributed by atoms with van der Waals surface area (Å²) in [5.41, 5.74) is 3.61. The summed E-state index contributed by atoms with van der Waals surface area (Å²) in [6, 6.07) is 6.10. The molecule has 1 aliphatic rings. The molecule has 0 spiro atoms. The number of nitrogens with one attached hydrogen (secondary N) is 1. The van der Waals surface area contributed by atoms with Gasteiger partial charge in [-0.15, -0.1) is 0 Å². The Morgan fingerprint density at radius 2 is 2.08 bits per heavy atom. The van der Waals surface area contributed by atoms with Crippen LogP contribution < -0.4 is 9.47 Å². The van der Waals surface area contributed by atoms with Crippen LogP contribution >= 0.6 is 12.2 Å². The molecule has 0 saturated heterocycles. The van der Waals surface area contributed by atoms with Gasteiger partial charge in [0.15, 0.2) is 4.77 Å². The molecular weight excluding hydrogens is 322 g/mol. The number of aromatic amines is 1. The molecule has 1 N–H and O–H groups in total. The minimum Gasteiger partial charge on any atom is -0.494 e. The van der Waals surface area contributed by atoms with Crippen LogP contribution in [0.1, 0.15) is 30.7 Å². The predicted molar refractivity (Wildman–Crippen MR) is 96.0 cm³/mol. The number of hydrogen-bond donors (Lipinski definition) is 1. The summed E-state index contributed by atoms with van der Waals surface area (Å²) in [5.74, 6) is 1.75. The molecular formula is C18H23N3O2S. The smallest absolute Gasteiger partial charge is 0.196 e. The normalized spacial score (nSPS) is 14.2. The Morgan fingerprint density at radius 3 is 2.88 bits per heavy atom. The predicted octanol–water partition coefficient (Wildman–Crippen LogP) is 3.49. The van der Waals surface area contributed by atoms with Crippen molar-refractivity contribution in [1.29, 1.82) is 0 Å². The van der Waals surface area contributed by atoms with Crippen LogP contribution in [0.3, 0.4) is 0 Å². The first-order chi connectivity index (χ1) is 11.7. The van der Waals surface area contributed by atoms with Gasteiger partial charge in [0.2, 0.25) is 0 Å². The molecule has 6 heteroatoms. The lowest BCUT2D eigenvalue weighted by Crippen LogP contribution is -2.31. The third-order valence-electron chi connectivity index (χ3n) is 4.10. The molecule has 0 atom stereocenters. The number of fused-ring (bicyclic) bond motifs is 1. The van der Waals surface area contributed by atoms with Crippen molar-refractivity contribution in [3.63, 3.8) is 0 Å². The highest BCUT2D eigenvalue weighted by molar-refractivity contribution is 7.71. The first-order valence-corrected chi connectivity index (χ1v) is 8.78. The van der Waals surface area contributed by atoms with E-state index in [1.807, 2.05) is 32.2 Å². The van der Waals surface area contributed by atoms with E-state index in [2.05, 4.69) is 20.9 Å². The van der Waals surface area contributed by atoms with Crippen LogP contribution in [-0.4, -0.2) is 34.6 Å². The molecule has 0 aliphatic carbocycles. The second-order valence-corrected chi connectivity index (χ2v) is 6.18. The Kier molecular flexibility index (Phi) is 5.48. The number of hydrogen-bond acceptors (Lipinski definition) is 5. The van der Waals surface area contributed by atoms with E-state index in [9.17, 15) is 0 Å². The van der Waals surface area contributed by atoms with E-state index in [-0.39, 0.29) is 0 Å². The Labute approximate surface area is 147 Å². The standard InChI is InChI=1S/C18H23N3O2S/c1-3-22-15-6-5-13(17(9-15)23-4-2)11-21-8-7-16-14(12-21)10-19-18(24)20-16/h5-6,9-10H,3-4,7-8,11-12H2,1-2H3,(H,19,20,24). The van der Waals surface area contributed by atoms with Gasteiger partial charge >= 0.3 is 0 Å². The first-order valence-electron chi connectivity index (χ1n) is 8.37. The number of aromatic nitrogens is 2. The van der Waals surface area contributed by atoms with Gasteiger partial charge in [0.25, 0.3) is 0 Å². The van der Waals surface area contributed by atoms with Crippen LogP contribution in [0.2, 0.25) is 0 Å². The number of rotatable bonds is 6. The second kappa shape index (κ2) is 7.77. The van der Waals surface area contributed by atoms with Gasteiger partial charge in [-0.3, -0.25) is 4.90 Å². The van der Waals surface area contributed by atoms with E-state index >= 15 is 0 Å². The summed E-state index contributed by atoms with van der Waals surface area (Å²) in [4.78, 5) is 9.81. The van der Waals surface area contributed by atoms with Crippen molar-refractivity contribution in [1.82, 2.24) is 14.9 Å². The van der Waals surface area contributed by atoms with Crippen molar-refractivity contribution in [3.05, 3.63) is 46.0 Å². The molecule has 0 amide bonds. The summed E-state index contributed by atoms with van der Waals surface area (Å²) >= 11 is 5.10. The lowest BCUT2D eigenvalue weighted by molar-refractivity contribution is 0.236. The van der Waals surface area contributed by atoms with Gasteiger partial charge in [0, 0.05) is 55.1 Å². The van der Waals surface area contributed by atoms with Crippen molar-refractivity contribution < 1.29 is 9.47 Å². The lowest BCUT2D eigenvalue weighted by atomic mass is 10.1. The molecule has 1 aromatic carbocycles. The highest BCUT2D eigenvalue weighted by atomic mass is 32.1. The summed E-state index contributed by atoms with van der Waals surface area (Å²) in [7, 11) is 0. The average Bonchev–Trinajstić information content (AvgIpc) is 2.58. The summed E-state index contributed by atoms with van der Waals surface area (Å²) < 4.78 is 12.0. The average molecular weight is 345 g/mol. The fourth-order valence-corrected chi connectivity index (χ4v) is 3.17. The molecule has 0 fully saturated rings. The molecule has 0 unspecified atom stereocenters. The maximum atomic E-state index is 5.81. The minimum atomic E-state index is 0.562. The van der Waals surface area contributed by atoms with Gasteiger partial charge in [0.05, 0.1) is 13.2 Å². The molecule has 5 nitrogen and oxygen atoms in total. The summed E-state index contributed by atoms with van der Waals surface area (Å²) in [6.45, 7) is 7.99. The molecule has 0 bridgehead atoms. The van der Waals surface area contributed by atoms with Gasteiger partial charge in [-0.1, -0.05) is 6.07 Å². The maximum absolute atomic E-state index is 5.81. The van der Waals surface area contributed by atoms with Crippen LogP contribution in [0, 0.1) is 4.77 Å². The lowest BCUT2D eigenvalue weighted by Gasteiger charge is -2.28. The molecule has 2 heterocycles. The van der Waals surface area contributed by atoms with Gasteiger partial charge in [-0.05, 0) is 32.1 Å². The van der Waals surface area contributed by atoms with Crippen LogP contribution in [0.4, 0.5) is 0 Å². The SMILES string of the molecule is CCOc1ccc(CN2CCc3[nH]c(=S)ncc3C2)c(OCC)c1. The van der Waals surface area contributed by atoms with Crippen molar-refractivity contribution in [2.24, 2.45) is 0 Å². The van der Waals surface area contributed by atoms with Crippen LogP contribution in [0.15, 0.2) is 24.4 Å². The van der Waals surface area contributed by atoms with E-state index in [0.29, 0.717) is 18.0 Å². The zero-order valence-corrected chi connectivity index (χ0v) is 15.0. The fraction of sp³-hybridized carbons (Fsp3) is 0.444. The molecule has 1 aromatic heterocycles. The van der Waals surface area contributed by atoms with E-state index in [1.165, 1.54) is 16.8 Å². The highest BCUT2D eigenvalue weighted by Gasteiger charge is 2.18. The number of nitrogens with zero attached hydrogens (tertiary/aromatic N) is 2. The largest absolute Gasteiger partial charge is 0.494 e. The minimum absolute atomic E-state index is 0.562. The van der Waals surface area contributed by atoms with Gasteiger partial charge in [0.1, 0.15) is 11.5 Å². The zero-order valence-electron chi connectivity index (χ0n) is 14.2. The Balaban J connectivity index is 1.76. The number of benzene rings is 1. The van der Waals surface area contributed by atoms with Crippen molar-refractivity contribution in [2.75, 3.05) is 19.8 Å². The monoisotopic (exact) mass is 345 g/mol. The molecule has 1 aliphatic heterocycles. The molecule has 2 aromatic rings. The van der Waals surface area contributed by atoms with Crippen molar-refractivity contribution in [3.8, 4) is 11.5 Å². The van der Waals surface area contributed by atoms with Crippen LogP contribution in [-0.2, 0) is 19.5 Å². The van der Waals surface area contributed by atoms with Crippen LogP contribution in [0.25, 0.3) is 0 Å². The Morgan fingerprint density at radius 1 is 1.25 bits per heavy atom. The van der Waals surface area contributed by atoms with Gasteiger partial charge < -0.3 is 14.5 Å². The first kappa shape index (κ1) is 16.9. The summed E-state index contributed by atoms with van der Waals surface area (Å²) in [6.07, 6.45) is 2.85. The second-order valence-electron chi connectivity index (χ2n) is 5.79. The Hall–Kier alpha value is -1.92. The molecule has 3 rings (SSSR count). The molecule has 0 saturated carbocycles. The van der Waals surface area contributed by atoms with E-state index in [4.69, 9.17) is 21.7 Å². The maximum Gasteiger partial charge on any atom is 0.196 e. The third-order valence-corrected chi connectivity index (χ3v) is 4.31. The van der Waals surface area contributed by atoms with E-state index in [1.54, 1.807) is 0 Å². The third kappa shape index (κ3) is 3.94. The fourth-order valence-electron chi connectivity index (χ4n) is 2.99. The van der Waals surface area contributed by atoms with Crippen molar-refractivity contribution in [2.45, 2.75) is 33.4 Å².